The molecule has 0 unspecified atom stereocenters. The molecule has 0 saturated carbocycles. The lowest BCUT2D eigenvalue weighted by Gasteiger charge is -2.12. The molecule has 2 aromatic rings. The molecular weight excluding hydrogens is 330 g/mol. The molecule has 1 aromatic heterocycles. The van der Waals surface area contributed by atoms with Crippen LogP contribution in [0.25, 0.3) is 0 Å². The summed E-state index contributed by atoms with van der Waals surface area (Å²) in [7, 11) is 3.69. The van der Waals surface area contributed by atoms with Crippen LogP contribution in [0.5, 0.6) is 0 Å². The molecule has 19 heavy (non-hydrogen) atoms. The van der Waals surface area contributed by atoms with Gasteiger partial charge in [0.15, 0.2) is 0 Å². The number of aryl methyl sites for hydroxylation is 1. The highest BCUT2D eigenvalue weighted by molar-refractivity contribution is 9.10. The van der Waals surface area contributed by atoms with Gasteiger partial charge in [0.1, 0.15) is 0 Å². The fraction of sp³-hybridized carbons (Fsp3) is 0.250. The maximum absolute atomic E-state index is 5.89. The Balaban J connectivity index is 2.35. The quantitative estimate of drug-likeness (QED) is 0.926. The van der Waals surface area contributed by atoms with Crippen molar-refractivity contribution in [2.45, 2.75) is 6.92 Å². The minimum absolute atomic E-state index is 0.157. The predicted molar refractivity (Wildman–Crippen MR) is 81.3 cm³/mol. The van der Waals surface area contributed by atoms with Crippen molar-refractivity contribution in [3.63, 3.8) is 0 Å². The van der Waals surface area contributed by atoms with Crippen LogP contribution in [0, 0.1) is 6.92 Å². The zero-order valence-corrected chi connectivity index (χ0v) is 13.1. The van der Waals surface area contributed by atoms with E-state index < -0.39 is 0 Å². The van der Waals surface area contributed by atoms with E-state index in [1.54, 1.807) is 4.90 Å². The highest BCUT2D eigenvalue weighted by Crippen LogP contribution is 2.26. The van der Waals surface area contributed by atoms with E-state index in [4.69, 9.17) is 11.6 Å². The number of rotatable bonds is 3. The van der Waals surface area contributed by atoms with Gasteiger partial charge >= 0.3 is 0 Å². The largest absolute Gasteiger partial charge is 0.347 e. The van der Waals surface area contributed by atoms with E-state index in [0.717, 1.165) is 15.7 Å². The van der Waals surface area contributed by atoms with E-state index >= 15 is 0 Å². The lowest BCUT2D eigenvalue weighted by Crippen LogP contribution is -2.14. The third-order valence-electron chi connectivity index (χ3n) is 2.36. The van der Waals surface area contributed by atoms with Gasteiger partial charge in [-0.25, -0.2) is 0 Å². The van der Waals surface area contributed by atoms with Gasteiger partial charge in [-0.15, -0.1) is 0 Å². The molecule has 0 spiro atoms. The smallest absolute Gasteiger partial charge is 0.233 e. The summed E-state index contributed by atoms with van der Waals surface area (Å²) in [6.07, 6.45) is 0. The van der Waals surface area contributed by atoms with Gasteiger partial charge in [0.25, 0.3) is 0 Å². The maximum Gasteiger partial charge on any atom is 0.233 e. The van der Waals surface area contributed by atoms with E-state index in [-0.39, 0.29) is 5.28 Å². The molecule has 5 nitrogen and oxygen atoms in total. The number of aromatic nitrogens is 3. The predicted octanol–water partition coefficient (Wildman–Crippen LogP) is 3.41. The number of hydrogen-bond acceptors (Lipinski definition) is 5. The lowest BCUT2D eigenvalue weighted by atomic mass is 10.2. The molecule has 0 bridgehead atoms. The third-order valence-corrected chi connectivity index (χ3v) is 3.23. The fourth-order valence-corrected chi connectivity index (χ4v) is 1.95. The van der Waals surface area contributed by atoms with Crippen LogP contribution < -0.4 is 10.2 Å². The van der Waals surface area contributed by atoms with Crippen LogP contribution in [0.4, 0.5) is 17.6 Å². The number of nitrogens with zero attached hydrogens (tertiary/aromatic N) is 4. The van der Waals surface area contributed by atoms with Crippen molar-refractivity contribution in [3.05, 3.63) is 33.5 Å². The van der Waals surface area contributed by atoms with E-state index in [2.05, 4.69) is 36.2 Å². The van der Waals surface area contributed by atoms with Gasteiger partial charge in [-0.3, -0.25) is 0 Å². The monoisotopic (exact) mass is 341 g/mol. The molecule has 0 aliphatic heterocycles. The molecular formula is C12H13BrClN5. The van der Waals surface area contributed by atoms with Gasteiger partial charge < -0.3 is 10.2 Å². The van der Waals surface area contributed by atoms with Crippen molar-refractivity contribution < 1.29 is 0 Å². The molecule has 1 N–H and O–H groups in total. The Morgan fingerprint density at radius 1 is 1.21 bits per heavy atom. The highest BCUT2D eigenvalue weighted by Gasteiger charge is 2.08. The van der Waals surface area contributed by atoms with Crippen LogP contribution in [0.2, 0.25) is 5.28 Å². The Morgan fingerprint density at radius 2 is 1.95 bits per heavy atom. The minimum atomic E-state index is 0.157. The summed E-state index contributed by atoms with van der Waals surface area (Å²) >= 11 is 9.37. The maximum atomic E-state index is 5.89. The topological polar surface area (TPSA) is 53.9 Å². The summed E-state index contributed by atoms with van der Waals surface area (Å²) in [6, 6.07) is 5.98. The zero-order valence-electron chi connectivity index (χ0n) is 10.8. The Labute approximate surface area is 125 Å². The first-order chi connectivity index (χ1) is 8.95. The van der Waals surface area contributed by atoms with E-state index in [9.17, 15) is 0 Å². The minimum Gasteiger partial charge on any atom is -0.347 e. The Hall–Kier alpha value is -1.40. The van der Waals surface area contributed by atoms with Crippen LogP contribution >= 0.6 is 27.5 Å². The lowest BCUT2D eigenvalue weighted by molar-refractivity contribution is 0.961. The van der Waals surface area contributed by atoms with Crippen LogP contribution in [-0.4, -0.2) is 29.0 Å². The van der Waals surface area contributed by atoms with Gasteiger partial charge in [0, 0.05) is 18.6 Å². The molecule has 1 heterocycles. The fourth-order valence-electron chi connectivity index (χ4n) is 1.45. The molecule has 0 amide bonds. The number of anilines is 3. The summed E-state index contributed by atoms with van der Waals surface area (Å²) < 4.78 is 0.932. The number of halogens is 2. The molecule has 0 aliphatic carbocycles. The van der Waals surface area contributed by atoms with Gasteiger partial charge in [0.2, 0.25) is 17.2 Å². The second-order valence-electron chi connectivity index (χ2n) is 4.23. The molecule has 0 aliphatic rings. The average molecular weight is 343 g/mol. The van der Waals surface area contributed by atoms with Crippen LogP contribution in [0.1, 0.15) is 5.56 Å². The molecule has 0 radical (unpaired) electrons. The zero-order chi connectivity index (χ0) is 14.0. The van der Waals surface area contributed by atoms with E-state index in [1.807, 2.05) is 39.2 Å². The first-order valence-electron chi connectivity index (χ1n) is 5.58. The summed E-state index contributed by atoms with van der Waals surface area (Å²) in [5, 5.41) is 3.29. The van der Waals surface area contributed by atoms with Gasteiger partial charge in [-0.1, -0.05) is 6.07 Å². The number of nitrogens with one attached hydrogen (secondary N) is 1. The third kappa shape index (κ3) is 3.54. The number of benzene rings is 1. The Kier molecular flexibility index (Phi) is 4.21. The second kappa shape index (κ2) is 5.71. The molecule has 0 saturated heterocycles. The summed E-state index contributed by atoms with van der Waals surface area (Å²) in [5.41, 5.74) is 2.02. The average Bonchev–Trinajstić information content (AvgIpc) is 2.33. The molecule has 7 heteroatoms. The molecule has 100 valence electrons. The van der Waals surface area contributed by atoms with Crippen molar-refractivity contribution in [3.8, 4) is 0 Å². The van der Waals surface area contributed by atoms with Crippen molar-refractivity contribution >= 4 is 45.1 Å². The van der Waals surface area contributed by atoms with Gasteiger partial charge in [0.05, 0.1) is 5.69 Å². The van der Waals surface area contributed by atoms with Gasteiger partial charge in [-0.05, 0) is 52.2 Å². The van der Waals surface area contributed by atoms with E-state index in [1.165, 1.54) is 0 Å². The molecule has 0 atom stereocenters. The van der Waals surface area contributed by atoms with Crippen LogP contribution in [0.3, 0.4) is 0 Å². The van der Waals surface area contributed by atoms with Crippen LogP contribution in [-0.2, 0) is 0 Å². The first kappa shape index (κ1) is 14.0. The first-order valence-corrected chi connectivity index (χ1v) is 6.75. The van der Waals surface area contributed by atoms with Crippen molar-refractivity contribution in [2.24, 2.45) is 0 Å². The van der Waals surface area contributed by atoms with E-state index in [0.29, 0.717) is 11.9 Å². The van der Waals surface area contributed by atoms with Gasteiger partial charge in [-0.2, -0.15) is 15.0 Å². The Morgan fingerprint density at radius 3 is 2.63 bits per heavy atom. The van der Waals surface area contributed by atoms with Crippen LogP contribution in [0.15, 0.2) is 22.7 Å². The standard InChI is InChI=1S/C12H13BrClN5/c1-7-4-5-8(13)9(6-7)15-11-16-10(14)17-12(18-11)19(2)3/h4-6H,1-3H3,(H,15,16,17,18). The molecule has 0 fully saturated rings. The normalized spacial score (nSPS) is 10.4. The SMILES string of the molecule is Cc1ccc(Br)c(Nc2nc(Cl)nc(N(C)C)n2)c1. The summed E-state index contributed by atoms with van der Waals surface area (Å²) in [6.45, 7) is 2.02. The summed E-state index contributed by atoms with van der Waals surface area (Å²) in [4.78, 5) is 14.2. The number of hydrogen-bond donors (Lipinski definition) is 1. The van der Waals surface area contributed by atoms with Crippen molar-refractivity contribution in [2.75, 3.05) is 24.3 Å². The highest BCUT2D eigenvalue weighted by atomic mass is 79.9. The Bertz CT molecular complexity index is 603. The van der Waals surface area contributed by atoms with Crippen molar-refractivity contribution in [1.29, 1.82) is 0 Å². The summed E-state index contributed by atoms with van der Waals surface area (Å²) in [5.74, 6) is 0.918. The van der Waals surface area contributed by atoms with Crippen molar-refractivity contribution in [1.82, 2.24) is 15.0 Å². The molecule has 1 aromatic carbocycles. The molecule has 2 rings (SSSR count). The second-order valence-corrected chi connectivity index (χ2v) is 5.42.